The van der Waals surface area contributed by atoms with Crippen molar-refractivity contribution >= 4 is 11.9 Å². The highest BCUT2D eigenvalue weighted by Crippen LogP contribution is 2.21. The lowest BCUT2D eigenvalue weighted by Crippen LogP contribution is -2.39. The van der Waals surface area contributed by atoms with Crippen LogP contribution in [0.25, 0.3) is 11.1 Å². The number of aliphatic carboxylic acids is 1. The van der Waals surface area contributed by atoms with E-state index in [1.807, 2.05) is 54.6 Å². The van der Waals surface area contributed by atoms with Crippen molar-refractivity contribution in [1.29, 1.82) is 0 Å². The number of carboxylic acids is 1. The number of hydrogen-bond donors (Lipinski definition) is 2. The average molecular weight is 435 g/mol. The van der Waals surface area contributed by atoms with Gasteiger partial charge in [-0.05, 0) is 29.5 Å². The van der Waals surface area contributed by atoms with E-state index in [0.29, 0.717) is 6.42 Å². The van der Waals surface area contributed by atoms with E-state index in [-0.39, 0.29) is 17.9 Å². The largest absolute Gasteiger partial charge is 0.490 e. The second kappa shape index (κ2) is 10.4. The number of nitrogens with one attached hydrogen (secondary N) is 1. The zero-order valence-corrected chi connectivity index (χ0v) is 17.9. The number of carboxylic acid groups (broad SMARTS) is 1. The van der Waals surface area contributed by atoms with Gasteiger partial charge in [-0.1, -0.05) is 61.5 Å². The highest BCUT2D eigenvalue weighted by molar-refractivity contribution is 5.91. The lowest BCUT2D eigenvalue weighted by Gasteiger charge is -2.21. The highest BCUT2D eigenvalue weighted by atomic mass is 16.5. The Morgan fingerprint density at radius 2 is 1.72 bits per heavy atom. The molecule has 0 radical (unpaired) electrons. The zero-order chi connectivity index (χ0) is 23.1. The first-order chi connectivity index (χ1) is 15.4. The van der Waals surface area contributed by atoms with E-state index in [1.165, 1.54) is 7.11 Å². The number of carbonyl (C=O) groups excluding carboxylic acids is 1. The molecule has 1 amide bonds. The molecule has 3 aromatic rings. The van der Waals surface area contributed by atoms with Crippen LogP contribution in [0.2, 0.25) is 0 Å². The normalized spacial score (nSPS) is 12.6. The van der Waals surface area contributed by atoms with Crippen LogP contribution in [0.4, 0.5) is 0 Å². The molecular formula is C25H25NO6. The van der Waals surface area contributed by atoms with Gasteiger partial charge in [-0.2, -0.15) is 0 Å². The van der Waals surface area contributed by atoms with Crippen LogP contribution in [0.3, 0.4) is 0 Å². The number of benzene rings is 2. The van der Waals surface area contributed by atoms with Crippen LogP contribution in [0.1, 0.15) is 29.5 Å². The Morgan fingerprint density at radius 3 is 2.31 bits per heavy atom. The fourth-order valence-electron chi connectivity index (χ4n) is 3.39. The lowest BCUT2D eigenvalue weighted by molar-refractivity contribution is -0.141. The molecule has 32 heavy (non-hydrogen) atoms. The predicted octanol–water partition coefficient (Wildman–Crippen LogP) is 3.77. The Morgan fingerprint density at radius 1 is 1.06 bits per heavy atom. The molecule has 3 rings (SSSR count). The van der Waals surface area contributed by atoms with E-state index in [1.54, 1.807) is 6.92 Å². The summed E-state index contributed by atoms with van der Waals surface area (Å²) in [6.45, 7) is 1.59. The summed E-state index contributed by atoms with van der Waals surface area (Å²) < 4.78 is 10.1. The Kier molecular flexibility index (Phi) is 7.44. The summed E-state index contributed by atoms with van der Waals surface area (Å²) in [6.07, 6.45) is 1.73. The average Bonchev–Trinajstić information content (AvgIpc) is 2.80. The summed E-state index contributed by atoms with van der Waals surface area (Å²) in [5.41, 5.74) is 2.63. The summed E-state index contributed by atoms with van der Waals surface area (Å²) in [4.78, 5) is 36.0. The number of methoxy groups -OCH3 is 1. The minimum absolute atomic E-state index is 0.00361. The SMILES string of the molecule is COc1coc(C(=O)N[C@H](Cc2ccc(-c3ccccc3)cc2)C[C@@H](C)C(=O)O)cc1=O. The van der Waals surface area contributed by atoms with Gasteiger partial charge in [-0.15, -0.1) is 0 Å². The van der Waals surface area contributed by atoms with E-state index >= 15 is 0 Å². The third kappa shape index (κ3) is 5.85. The number of carbonyl (C=O) groups is 2. The first kappa shape index (κ1) is 22.8. The van der Waals surface area contributed by atoms with Crippen LogP contribution in [-0.2, 0) is 11.2 Å². The minimum Gasteiger partial charge on any atom is -0.490 e. The Bertz CT molecular complexity index is 1120. The van der Waals surface area contributed by atoms with Crippen LogP contribution in [0.15, 0.2) is 76.1 Å². The summed E-state index contributed by atoms with van der Waals surface area (Å²) in [7, 11) is 1.33. The third-order valence-electron chi connectivity index (χ3n) is 5.18. The molecular weight excluding hydrogens is 410 g/mol. The molecule has 7 nitrogen and oxygen atoms in total. The molecule has 2 aromatic carbocycles. The second-order valence-electron chi connectivity index (χ2n) is 7.59. The third-order valence-corrected chi connectivity index (χ3v) is 5.18. The topological polar surface area (TPSA) is 106 Å². The van der Waals surface area contributed by atoms with Gasteiger partial charge >= 0.3 is 5.97 Å². The van der Waals surface area contributed by atoms with Gasteiger partial charge in [0.25, 0.3) is 5.91 Å². The molecule has 0 aliphatic heterocycles. The van der Waals surface area contributed by atoms with Gasteiger partial charge in [-0.3, -0.25) is 14.4 Å². The van der Waals surface area contributed by atoms with E-state index in [9.17, 15) is 19.5 Å². The molecule has 1 heterocycles. The van der Waals surface area contributed by atoms with Crippen LogP contribution in [0, 0.1) is 5.92 Å². The van der Waals surface area contributed by atoms with Gasteiger partial charge in [0.05, 0.1) is 13.0 Å². The first-order valence-corrected chi connectivity index (χ1v) is 10.2. The maximum absolute atomic E-state index is 12.7. The minimum atomic E-state index is -0.945. The van der Waals surface area contributed by atoms with Crippen molar-refractivity contribution in [1.82, 2.24) is 5.32 Å². The molecule has 166 valence electrons. The molecule has 2 atom stereocenters. The molecule has 0 saturated carbocycles. The van der Waals surface area contributed by atoms with Crippen LogP contribution >= 0.6 is 0 Å². The quantitative estimate of drug-likeness (QED) is 0.530. The number of rotatable bonds is 9. The van der Waals surface area contributed by atoms with E-state index in [0.717, 1.165) is 29.0 Å². The highest BCUT2D eigenvalue weighted by Gasteiger charge is 2.22. The standard InChI is InChI=1S/C25H25NO6/c1-16(25(29)30)12-20(26-24(28)22-14-21(27)23(31-2)15-32-22)13-17-8-10-19(11-9-17)18-6-4-3-5-7-18/h3-11,14-16,20H,12-13H2,1-2H3,(H,26,28)(H,29,30)/t16-,20+/m1/s1. The predicted molar refractivity (Wildman–Crippen MR) is 120 cm³/mol. The van der Waals surface area contributed by atoms with Crippen molar-refractivity contribution < 1.29 is 23.8 Å². The van der Waals surface area contributed by atoms with Gasteiger partial charge in [-0.25, -0.2) is 0 Å². The van der Waals surface area contributed by atoms with E-state index in [4.69, 9.17) is 9.15 Å². The molecule has 7 heteroatoms. The van der Waals surface area contributed by atoms with Crippen molar-refractivity contribution in [3.63, 3.8) is 0 Å². The summed E-state index contributed by atoms with van der Waals surface area (Å²) in [5.74, 6) is -2.36. The Balaban J connectivity index is 1.76. The Labute approximate surface area is 185 Å². The molecule has 0 saturated heterocycles. The maximum atomic E-state index is 12.7. The summed E-state index contributed by atoms with van der Waals surface area (Å²) >= 11 is 0. The maximum Gasteiger partial charge on any atom is 0.306 e. The summed E-state index contributed by atoms with van der Waals surface area (Å²) in [5, 5.41) is 12.1. The summed E-state index contributed by atoms with van der Waals surface area (Å²) in [6, 6.07) is 18.4. The van der Waals surface area contributed by atoms with E-state index in [2.05, 4.69) is 5.32 Å². The van der Waals surface area contributed by atoms with E-state index < -0.39 is 29.3 Å². The fraction of sp³-hybridized carbons (Fsp3) is 0.240. The van der Waals surface area contributed by atoms with Crippen molar-refractivity contribution in [2.75, 3.05) is 7.11 Å². The number of hydrogen-bond acceptors (Lipinski definition) is 5. The molecule has 0 bridgehead atoms. The van der Waals surface area contributed by atoms with Crippen LogP contribution in [-0.4, -0.2) is 30.1 Å². The fourth-order valence-corrected chi connectivity index (χ4v) is 3.39. The van der Waals surface area contributed by atoms with Crippen molar-refractivity contribution in [2.24, 2.45) is 5.92 Å². The van der Waals surface area contributed by atoms with Crippen molar-refractivity contribution in [3.05, 3.63) is 88.5 Å². The van der Waals surface area contributed by atoms with Crippen molar-refractivity contribution in [3.8, 4) is 16.9 Å². The Hall–Kier alpha value is -3.87. The molecule has 1 aromatic heterocycles. The molecule has 0 spiro atoms. The van der Waals surface area contributed by atoms with Gasteiger partial charge in [0, 0.05) is 12.1 Å². The number of amides is 1. The van der Waals surface area contributed by atoms with Crippen molar-refractivity contribution in [2.45, 2.75) is 25.8 Å². The van der Waals surface area contributed by atoms with Gasteiger partial charge in [0.2, 0.25) is 11.2 Å². The monoisotopic (exact) mass is 435 g/mol. The lowest BCUT2D eigenvalue weighted by atomic mass is 9.95. The number of ether oxygens (including phenoxy) is 1. The molecule has 0 aliphatic rings. The molecule has 0 aliphatic carbocycles. The van der Waals surface area contributed by atoms with Gasteiger partial charge < -0.3 is 19.6 Å². The smallest absolute Gasteiger partial charge is 0.306 e. The van der Waals surface area contributed by atoms with Crippen LogP contribution in [0.5, 0.6) is 5.75 Å². The molecule has 0 unspecified atom stereocenters. The van der Waals surface area contributed by atoms with Gasteiger partial charge in [0.1, 0.15) is 6.26 Å². The van der Waals surface area contributed by atoms with Crippen LogP contribution < -0.4 is 15.5 Å². The first-order valence-electron chi connectivity index (χ1n) is 10.2. The second-order valence-corrected chi connectivity index (χ2v) is 7.59. The molecule has 2 N–H and O–H groups in total. The molecule has 0 fully saturated rings. The van der Waals surface area contributed by atoms with Gasteiger partial charge in [0.15, 0.2) is 5.76 Å². The zero-order valence-electron chi connectivity index (χ0n) is 17.9.